The van der Waals surface area contributed by atoms with Crippen molar-refractivity contribution in [3.8, 4) is 5.75 Å². The van der Waals surface area contributed by atoms with Crippen LogP contribution >= 0.6 is 0 Å². The molecule has 3 aromatic rings. The molecule has 1 heterocycles. The zero-order chi connectivity index (χ0) is 21.5. The van der Waals surface area contributed by atoms with E-state index in [1.165, 1.54) is 11.1 Å². The van der Waals surface area contributed by atoms with Gasteiger partial charge in [-0.2, -0.15) is 0 Å². The summed E-state index contributed by atoms with van der Waals surface area (Å²) in [5.74, 6) is 0.796. The molecule has 2 aromatic carbocycles. The van der Waals surface area contributed by atoms with Crippen LogP contribution in [0.2, 0.25) is 0 Å². The third-order valence-electron chi connectivity index (χ3n) is 5.03. The molecule has 2 amide bonds. The topological polar surface area (TPSA) is 46.5 Å². The van der Waals surface area contributed by atoms with E-state index in [0.717, 1.165) is 23.7 Å². The maximum absolute atomic E-state index is 13.0. The van der Waals surface area contributed by atoms with Gasteiger partial charge in [0.1, 0.15) is 5.75 Å². The average molecular weight is 406 g/mol. The minimum atomic E-state index is -0.114. The van der Waals surface area contributed by atoms with Gasteiger partial charge in [-0.15, -0.1) is 0 Å². The van der Waals surface area contributed by atoms with Crippen molar-refractivity contribution in [2.24, 2.45) is 0 Å². The Morgan fingerprint density at radius 2 is 1.77 bits per heavy atom. The van der Waals surface area contributed by atoms with Gasteiger partial charge in [0.2, 0.25) is 0 Å². The lowest BCUT2D eigenvalue weighted by molar-refractivity contribution is 0.192. The normalized spacial score (nSPS) is 10.8. The van der Waals surface area contributed by atoms with Gasteiger partial charge in [-0.1, -0.05) is 29.8 Å². The van der Waals surface area contributed by atoms with Crippen LogP contribution in [-0.2, 0) is 13.1 Å². The van der Waals surface area contributed by atoms with Gasteiger partial charge in [-0.25, -0.2) is 4.79 Å². The van der Waals surface area contributed by atoms with Crippen LogP contribution in [0.25, 0.3) is 0 Å². The molecule has 0 atom stereocenters. The molecule has 0 fully saturated rings. The molecule has 0 spiro atoms. The smallest absolute Gasteiger partial charge is 0.322 e. The summed E-state index contributed by atoms with van der Waals surface area (Å²) in [5.41, 5.74) is 4.35. The van der Waals surface area contributed by atoms with Crippen LogP contribution in [0, 0.1) is 6.92 Å². The van der Waals surface area contributed by atoms with Crippen molar-refractivity contribution in [1.29, 1.82) is 0 Å². The quantitative estimate of drug-likeness (QED) is 0.524. The largest absolute Gasteiger partial charge is 0.494 e. The maximum Gasteiger partial charge on any atom is 0.322 e. The third-order valence-corrected chi connectivity index (χ3v) is 5.03. The van der Waals surface area contributed by atoms with Gasteiger partial charge in [0.15, 0.2) is 0 Å². The Hall–Kier alpha value is -3.21. The molecule has 0 radical (unpaired) electrons. The van der Waals surface area contributed by atoms with Crippen molar-refractivity contribution in [1.82, 2.24) is 9.47 Å². The number of carbonyl (C=O) groups excluding carboxylic acids is 1. The van der Waals surface area contributed by atoms with Gasteiger partial charge in [-0.3, -0.25) is 0 Å². The van der Waals surface area contributed by atoms with Crippen molar-refractivity contribution in [3.63, 3.8) is 0 Å². The number of carbonyl (C=O) groups is 1. The molecular weight excluding hydrogens is 374 g/mol. The number of benzene rings is 2. The van der Waals surface area contributed by atoms with E-state index in [0.29, 0.717) is 13.2 Å². The van der Waals surface area contributed by atoms with Gasteiger partial charge >= 0.3 is 6.03 Å². The predicted octanol–water partition coefficient (Wildman–Crippen LogP) is 5.69. The number of urea groups is 1. The highest BCUT2D eigenvalue weighted by molar-refractivity contribution is 5.89. The fourth-order valence-corrected chi connectivity index (χ4v) is 3.30. The van der Waals surface area contributed by atoms with Crippen LogP contribution in [0.3, 0.4) is 0 Å². The van der Waals surface area contributed by atoms with Crippen LogP contribution in [0.4, 0.5) is 10.5 Å². The SMILES string of the molecule is CCOc1ccc(NC(=O)N(Cc2cccn2Cc2ccc(C)cc2)C(C)C)cc1. The molecular formula is C25H31N3O2. The summed E-state index contributed by atoms with van der Waals surface area (Å²) in [7, 11) is 0. The number of ether oxygens (including phenoxy) is 1. The lowest BCUT2D eigenvalue weighted by atomic mass is 10.1. The third kappa shape index (κ3) is 5.66. The van der Waals surface area contributed by atoms with Gasteiger partial charge in [-0.05, 0) is 69.7 Å². The van der Waals surface area contributed by atoms with Crippen LogP contribution < -0.4 is 10.1 Å². The second kappa shape index (κ2) is 10.0. The van der Waals surface area contributed by atoms with Crippen molar-refractivity contribution in [3.05, 3.63) is 83.7 Å². The molecule has 0 saturated carbocycles. The molecule has 1 aromatic heterocycles. The van der Waals surface area contributed by atoms with E-state index in [2.05, 4.69) is 53.3 Å². The van der Waals surface area contributed by atoms with Gasteiger partial charge in [0, 0.05) is 30.2 Å². The summed E-state index contributed by atoms with van der Waals surface area (Å²) in [4.78, 5) is 14.8. The molecule has 0 aliphatic rings. The predicted molar refractivity (Wildman–Crippen MR) is 122 cm³/mol. The second-order valence-electron chi connectivity index (χ2n) is 7.72. The van der Waals surface area contributed by atoms with Crippen LogP contribution in [0.15, 0.2) is 66.9 Å². The number of hydrogen-bond donors (Lipinski definition) is 1. The van der Waals surface area contributed by atoms with Crippen molar-refractivity contribution in [2.45, 2.75) is 46.8 Å². The van der Waals surface area contributed by atoms with E-state index in [9.17, 15) is 4.79 Å². The summed E-state index contributed by atoms with van der Waals surface area (Å²) < 4.78 is 7.66. The molecule has 0 aliphatic carbocycles. The Morgan fingerprint density at radius 3 is 2.40 bits per heavy atom. The zero-order valence-electron chi connectivity index (χ0n) is 18.3. The van der Waals surface area contributed by atoms with E-state index in [4.69, 9.17) is 4.74 Å². The van der Waals surface area contributed by atoms with E-state index < -0.39 is 0 Å². The molecule has 5 nitrogen and oxygen atoms in total. The Morgan fingerprint density at radius 1 is 1.07 bits per heavy atom. The van der Waals surface area contributed by atoms with E-state index in [1.54, 1.807) is 0 Å². The number of aryl methyl sites for hydroxylation is 1. The lowest BCUT2D eigenvalue weighted by Crippen LogP contribution is -2.40. The van der Waals surface area contributed by atoms with Gasteiger partial charge in [0.05, 0.1) is 13.2 Å². The molecule has 30 heavy (non-hydrogen) atoms. The minimum absolute atomic E-state index is 0.0652. The zero-order valence-corrected chi connectivity index (χ0v) is 18.3. The molecule has 3 rings (SSSR count). The molecule has 0 unspecified atom stereocenters. The molecule has 0 saturated heterocycles. The van der Waals surface area contributed by atoms with Crippen molar-refractivity contribution < 1.29 is 9.53 Å². The number of anilines is 1. The first-order valence-electron chi connectivity index (χ1n) is 10.5. The average Bonchev–Trinajstić information content (AvgIpc) is 3.16. The van der Waals surface area contributed by atoms with E-state index in [-0.39, 0.29) is 12.1 Å². The summed E-state index contributed by atoms with van der Waals surface area (Å²) in [5, 5.41) is 3.00. The Balaban J connectivity index is 1.69. The molecule has 158 valence electrons. The first kappa shape index (κ1) is 21.5. The Bertz CT molecular complexity index is 943. The van der Waals surface area contributed by atoms with Crippen molar-refractivity contribution >= 4 is 11.7 Å². The molecule has 5 heteroatoms. The molecule has 0 aliphatic heterocycles. The van der Waals surface area contributed by atoms with Crippen LogP contribution in [0.1, 0.15) is 37.6 Å². The molecule has 1 N–H and O–H groups in total. The number of amides is 2. The lowest BCUT2D eigenvalue weighted by Gasteiger charge is -2.27. The highest BCUT2D eigenvalue weighted by Gasteiger charge is 2.19. The monoisotopic (exact) mass is 405 g/mol. The van der Waals surface area contributed by atoms with E-state index in [1.807, 2.05) is 56.0 Å². The van der Waals surface area contributed by atoms with Gasteiger partial charge < -0.3 is 19.5 Å². The highest BCUT2D eigenvalue weighted by atomic mass is 16.5. The van der Waals surface area contributed by atoms with Gasteiger partial charge in [0.25, 0.3) is 0 Å². The van der Waals surface area contributed by atoms with Crippen LogP contribution in [-0.4, -0.2) is 28.1 Å². The van der Waals surface area contributed by atoms with Crippen LogP contribution in [0.5, 0.6) is 5.75 Å². The van der Waals surface area contributed by atoms with Crippen molar-refractivity contribution in [2.75, 3.05) is 11.9 Å². The van der Waals surface area contributed by atoms with E-state index >= 15 is 0 Å². The highest BCUT2D eigenvalue weighted by Crippen LogP contribution is 2.18. The number of nitrogens with one attached hydrogen (secondary N) is 1. The summed E-state index contributed by atoms with van der Waals surface area (Å²) >= 11 is 0. The number of hydrogen-bond acceptors (Lipinski definition) is 2. The molecule has 0 bridgehead atoms. The fourth-order valence-electron chi connectivity index (χ4n) is 3.30. The maximum atomic E-state index is 13.0. The summed E-state index contributed by atoms with van der Waals surface area (Å²) in [6, 6.07) is 20.1. The summed E-state index contributed by atoms with van der Waals surface area (Å²) in [6.07, 6.45) is 2.07. The Kier molecular flexibility index (Phi) is 7.17. The standard InChI is InChI=1S/C25H31N3O2/c1-5-30-24-14-12-22(13-15-24)26-25(29)28(19(2)3)18-23-7-6-16-27(23)17-21-10-8-20(4)9-11-21/h6-16,19H,5,17-18H2,1-4H3,(H,26,29). The Labute approximate surface area is 179 Å². The summed E-state index contributed by atoms with van der Waals surface area (Å²) in [6.45, 7) is 10.1. The minimum Gasteiger partial charge on any atom is -0.494 e. The first-order chi connectivity index (χ1) is 14.5. The number of rotatable bonds is 8. The first-order valence-corrected chi connectivity index (χ1v) is 10.5. The fraction of sp³-hybridized carbons (Fsp3) is 0.320. The number of nitrogens with zero attached hydrogens (tertiary/aromatic N) is 2. The second-order valence-corrected chi connectivity index (χ2v) is 7.72. The number of aromatic nitrogens is 1.